The summed E-state index contributed by atoms with van der Waals surface area (Å²) in [6.07, 6.45) is 1.28. The zero-order valence-electron chi connectivity index (χ0n) is 19.3. The molecule has 1 unspecified atom stereocenters. The Bertz CT molecular complexity index is 1320. The summed E-state index contributed by atoms with van der Waals surface area (Å²) in [4.78, 5) is 23.4. The zero-order valence-corrected chi connectivity index (χ0v) is 20.2. The number of hydrogen-bond donors (Lipinski definition) is 3. The number of benzene rings is 2. The number of allylic oxidation sites excluding steroid dienone is 2. The van der Waals surface area contributed by atoms with E-state index in [1.54, 1.807) is 31.2 Å². The summed E-state index contributed by atoms with van der Waals surface area (Å²) in [6, 6.07) is 7.58. The Kier molecular flexibility index (Phi) is 7.71. The van der Waals surface area contributed by atoms with Gasteiger partial charge in [0, 0.05) is 17.2 Å². The number of phenols is 2. The van der Waals surface area contributed by atoms with E-state index in [1.165, 1.54) is 7.11 Å². The molecule has 0 aliphatic rings. The molecule has 0 radical (unpaired) electrons. The van der Waals surface area contributed by atoms with Gasteiger partial charge in [-0.3, -0.25) is 9.36 Å². The lowest BCUT2D eigenvalue weighted by Crippen LogP contribution is -2.13. The molecule has 1 heterocycles. The molecule has 0 fully saturated rings. The third-order valence-corrected chi connectivity index (χ3v) is 6.07. The van der Waals surface area contributed by atoms with Gasteiger partial charge in [0.15, 0.2) is 12.1 Å². The van der Waals surface area contributed by atoms with Gasteiger partial charge in [-0.25, -0.2) is 0 Å². The van der Waals surface area contributed by atoms with Gasteiger partial charge in [0.2, 0.25) is 11.2 Å². The quantitative estimate of drug-likeness (QED) is 0.281. The predicted octanol–water partition coefficient (Wildman–Crippen LogP) is 4.95. The van der Waals surface area contributed by atoms with Gasteiger partial charge in [0.25, 0.3) is 0 Å². The van der Waals surface area contributed by atoms with Crippen LogP contribution in [0.2, 0.25) is 0 Å². The van der Waals surface area contributed by atoms with E-state index in [0.29, 0.717) is 16.9 Å². The van der Waals surface area contributed by atoms with Gasteiger partial charge < -0.3 is 33.5 Å². The van der Waals surface area contributed by atoms with Gasteiger partial charge in [-0.15, -0.1) is 0 Å². The first-order valence-corrected chi connectivity index (χ1v) is 12.3. The molecule has 34 heavy (non-hydrogen) atoms. The van der Waals surface area contributed by atoms with Crippen molar-refractivity contribution in [2.75, 3.05) is 20.1 Å². The Hall–Kier alpha value is -3.26. The van der Waals surface area contributed by atoms with E-state index >= 15 is 0 Å². The SMILES string of the molecule is CCOP(=O)(O)COc1c(-c2ccc(OC)cc2)oc2c(CC=C(C)C)c(O)cc(O)c2c1=O. The first kappa shape index (κ1) is 25.4. The molecule has 1 aromatic heterocycles. The third-order valence-electron chi connectivity index (χ3n) is 4.95. The van der Waals surface area contributed by atoms with Crippen molar-refractivity contribution >= 4 is 18.6 Å². The van der Waals surface area contributed by atoms with Crippen molar-refractivity contribution in [2.45, 2.75) is 27.2 Å². The molecule has 1 atom stereocenters. The van der Waals surface area contributed by atoms with E-state index in [1.807, 2.05) is 19.9 Å². The Morgan fingerprint density at radius 1 is 1.15 bits per heavy atom. The fraction of sp³-hybridized carbons (Fsp3) is 0.292. The van der Waals surface area contributed by atoms with E-state index in [-0.39, 0.29) is 41.3 Å². The Morgan fingerprint density at radius 3 is 2.41 bits per heavy atom. The van der Waals surface area contributed by atoms with Crippen LogP contribution in [0, 0.1) is 0 Å². The first-order valence-electron chi connectivity index (χ1n) is 10.5. The van der Waals surface area contributed by atoms with Gasteiger partial charge in [0.05, 0.1) is 13.7 Å². The highest BCUT2D eigenvalue weighted by molar-refractivity contribution is 7.52. The molecule has 182 valence electrons. The van der Waals surface area contributed by atoms with Gasteiger partial charge in [0.1, 0.15) is 28.2 Å². The molecular weight excluding hydrogens is 463 g/mol. The lowest BCUT2D eigenvalue weighted by atomic mass is 10.0. The van der Waals surface area contributed by atoms with Crippen LogP contribution in [0.15, 0.2) is 51.2 Å². The molecule has 9 nitrogen and oxygen atoms in total. The molecule has 3 aromatic rings. The van der Waals surface area contributed by atoms with Crippen molar-refractivity contribution in [3.63, 3.8) is 0 Å². The van der Waals surface area contributed by atoms with E-state index < -0.39 is 25.1 Å². The van der Waals surface area contributed by atoms with Crippen molar-refractivity contribution < 1.29 is 38.1 Å². The summed E-state index contributed by atoms with van der Waals surface area (Å²) < 4.78 is 33.7. The summed E-state index contributed by atoms with van der Waals surface area (Å²) >= 11 is 0. The maximum atomic E-state index is 13.5. The molecule has 0 saturated heterocycles. The molecule has 3 rings (SSSR count). The van der Waals surface area contributed by atoms with Crippen LogP contribution < -0.4 is 14.9 Å². The van der Waals surface area contributed by atoms with Crippen LogP contribution in [0.5, 0.6) is 23.0 Å². The Balaban J connectivity index is 2.31. The van der Waals surface area contributed by atoms with Crippen LogP contribution in [-0.4, -0.2) is 35.2 Å². The van der Waals surface area contributed by atoms with E-state index in [4.69, 9.17) is 18.4 Å². The van der Waals surface area contributed by atoms with Crippen molar-refractivity contribution in [2.24, 2.45) is 0 Å². The van der Waals surface area contributed by atoms with Crippen LogP contribution in [-0.2, 0) is 15.5 Å². The monoisotopic (exact) mass is 490 g/mol. The van der Waals surface area contributed by atoms with Crippen molar-refractivity contribution in [1.82, 2.24) is 0 Å². The molecule has 0 saturated carbocycles. The molecule has 2 aromatic carbocycles. The second kappa shape index (κ2) is 10.3. The zero-order chi connectivity index (χ0) is 25.0. The van der Waals surface area contributed by atoms with E-state index in [2.05, 4.69) is 0 Å². The molecular formula is C24H27O9P. The average Bonchev–Trinajstić information content (AvgIpc) is 2.77. The summed E-state index contributed by atoms with van der Waals surface area (Å²) in [5, 5.41) is 20.7. The topological polar surface area (TPSA) is 136 Å². The van der Waals surface area contributed by atoms with Crippen molar-refractivity contribution in [3.05, 3.63) is 57.8 Å². The highest BCUT2D eigenvalue weighted by Crippen LogP contribution is 2.44. The molecule has 0 spiro atoms. The van der Waals surface area contributed by atoms with Crippen molar-refractivity contribution in [3.8, 4) is 34.3 Å². The Morgan fingerprint density at radius 2 is 1.82 bits per heavy atom. The lowest BCUT2D eigenvalue weighted by molar-refractivity contribution is 0.239. The predicted molar refractivity (Wildman–Crippen MR) is 128 cm³/mol. The fourth-order valence-electron chi connectivity index (χ4n) is 3.32. The molecule has 0 bridgehead atoms. The van der Waals surface area contributed by atoms with Crippen LogP contribution in [0.3, 0.4) is 0 Å². The minimum absolute atomic E-state index is 0.0184. The first-order chi connectivity index (χ1) is 16.1. The van der Waals surface area contributed by atoms with Crippen LogP contribution in [0.4, 0.5) is 0 Å². The number of phenolic OH excluding ortho intramolecular Hbond substituents is 2. The van der Waals surface area contributed by atoms with Gasteiger partial charge in [-0.05, 0) is 51.5 Å². The molecule has 3 N–H and O–H groups in total. The lowest BCUT2D eigenvalue weighted by Gasteiger charge is -2.16. The summed E-state index contributed by atoms with van der Waals surface area (Å²) in [7, 11) is -2.64. The largest absolute Gasteiger partial charge is 0.507 e. The molecule has 0 aliphatic heterocycles. The van der Waals surface area contributed by atoms with E-state index in [0.717, 1.165) is 11.6 Å². The van der Waals surface area contributed by atoms with Crippen molar-refractivity contribution in [1.29, 1.82) is 0 Å². The standard InChI is InChI=1S/C24H27O9P/c1-5-32-34(28,29)13-31-24-21(27)20-19(26)12-18(25)17(11-6-14(2)3)23(20)33-22(24)15-7-9-16(30-4)10-8-15/h6-10,12,25-26H,5,11,13H2,1-4H3,(H,28,29). The maximum Gasteiger partial charge on any atom is 0.365 e. The molecule has 0 aliphatic carbocycles. The number of fused-ring (bicyclic) bond motifs is 1. The smallest absolute Gasteiger partial charge is 0.365 e. The second-order valence-corrected chi connectivity index (χ2v) is 9.52. The fourth-order valence-corrected chi connectivity index (χ4v) is 4.09. The number of hydrogen-bond acceptors (Lipinski definition) is 8. The van der Waals surface area contributed by atoms with Crippen LogP contribution >= 0.6 is 7.60 Å². The summed E-state index contributed by atoms with van der Waals surface area (Å²) in [5.41, 5.74) is 0.909. The maximum absolute atomic E-state index is 13.5. The highest BCUT2D eigenvalue weighted by Gasteiger charge is 2.27. The third kappa shape index (κ3) is 5.44. The van der Waals surface area contributed by atoms with Gasteiger partial charge >= 0.3 is 7.60 Å². The second-order valence-electron chi connectivity index (χ2n) is 7.73. The number of rotatable bonds is 9. The number of ether oxygens (including phenoxy) is 2. The minimum atomic E-state index is -4.15. The minimum Gasteiger partial charge on any atom is -0.507 e. The molecule has 0 amide bonds. The van der Waals surface area contributed by atoms with Crippen LogP contribution in [0.1, 0.15) is 26.3 Å². The molecule has 10 heteroatoms. The Labute approximate surface area is 196 Å². The normalized spacial score (nSPS) is 12.9. The van der Waals surface area contributed by atoms with Crippen LogP contribution in [0.25, 0.3) is 22.3 Å². The van der Waals surface area contributed by atoms with E-state index in [9.17, 15) is 24.5 Å². The number of aromatic hydroxyl groups is 2. The average molecular weight is 490 g/mol. The van der Waals surface area contributed by atoms with Gasteiger partial charge in [-0.1, -0.05) is 11.6 Å². The van der Waals surface area contributed by atoms with Gasteiger partial charge in [-0.2, -0.15) is 0 Å². The number of methoxy groups -OCH3 is 1. The summed E-state index contributed by atoms with van der Waals surface area (Å²) in [5.74, 6) is -0.604. The summed E-state index contributed by atoms with van der Waals surface area (Å²) in [6.45, 7) is 5.29. The highest BCUT2D eigenvalue weighted by atomic mass is 31.2.